The Kier molecular flexibility index (Phi) is 7.53. The van der Waals surface area contributed by atoms with Gasteiger partial charge in [0.2, 0.25) is 18.6 Å². The van der Waals surface area contributed by atoms with Crippen LogP contribution in [0, 0.1) is 6.92 Å². The lowest BCUT2D eigenvalue weighted by atomic mass is 10.0. The van der Waals surface area contributed by atoms with Crippen LogP contribution in [0.25, 0.3) is 0 Å². The van der Waals surface area contributed by atoms with E-state index in [-0.39, 0.29) is 24.6 Å². The largest absolute Gasteiger partial charge is 0.454 e. The number of hydrogen-bond donors (Lipinski definition) is 1. The number of amides is 2. The van der Waals surface area contributed by atoms with Crippen LogP contribution >= 0.6 is 0 Å². The fourth-order valence-corrected chi connectivity index (χ4v) is 4.79. The summed E-state index contributed by atoms with van der Waals surface area (Å²) in [6, 6.07) is 13.7. The molecule has 1 unspecified atom stereocenters. The average Bonchev–Trinajstić information content (AvgIpc) is 3.49. The molecule has 176 valence electrons. The van der Waals surface area contributed by atoms with Gasteiger partial charge in [-0.05, 0) is 55.9 Å². The number of ether oxygens (including phenoxy) is 2. The quantitative estimate of drug-likeness (QED) is 0.610. The van der Waals surface area contributed by atoms with E-state index in [9.17, 15) is 9.59 Å². The summed E-state index contributed by atoms with van der Waals surface area (Å²) in [6.07, 6.45) is 5.86. The molecule has 0 saturated heterocycles. The fourth-order valence-electron chi connectivity index (χ4n) is 4.79. The van der Waals surface area contributed by atoms with E-state index in [2.05, 4.69) is 11.4 Å². The van der Waals surface area contributed by atoms with E-state index < -0.39 is 6.04 Å². The van der Waals surface area contributed by atoms with Gasteiger partial charge >= 0.3 is 0 Å². The van der Waals surface area contributed by atoms with Gasteiger partial charge in [0.15, 0.2) is 11.5 Å². The Morgan fingerprint density at radius 2 is 1.85 bits per heavy atom. The maximum absolute atomic E-state index is 13.5. The molecule has 6 nitrogen and oxygen atoms in total. The predicted octanol–water partition coefficient (Wildman–Crippen LogP) is 4.52. The van der Waals surface area contributed by atoms with E-state index in [1.54, 1.807) is 4.90 Å². The number of fused-ring (bicyclic) bond motifs is 1. The number of aryl methyl sites for hydroxylation is 2. The molecule has 1 fully saturated rings. The van der Waals surface area contributed by atoms with Crippen molar-refractivity contribution in [2.45, 2.75) is 77.4 Å². The van der Waals surface area contributed by atoms with E-state index in [1.165, 1.54) is 0 Å². The first-order valence-electron chi connectivity index (χ1n) is 12.1. The van der Waals surface area contributed by atoms with Crippen LogP contribution in [0.2, 0.25) is 0 Å². The van der Waals surface area contributed by atoms with Crippen LogP contribution in [0.4, 0.5) is 0 Å². The second-order valence-corrected chi connectivity index (χ2v) is 9.11. The Labute approximate surface area is 196 Å². The SMILES string of the molecule is CCC(C(=O)NC1CCCC1)N(Cc1cccc(C)c1)C(=O)CCc1ccc2c(c1)OCO2. The summed E-state index contributed by atoms with van der Waals surface area (Å²) in [5, 5.41) is 3.20. The number of carbonyl (C=O) groups excluding carboxylic acids is 2. The summed E-state index contributed by atoms with van der Waals surface area (Å²) in [5.41, 5.74) is 3.20. The topological polar surface area (TPSA) is 67.9 Å². The Morgan fingerprint density at radius 3 is 2.61 bits per heavy atom. The molecule has 0 bridgehead atoms. The minimum absolute atomic E-state index is 0.0115. The highest BCUT2D eigenvalue weighted by Gasteiger charge is 2.30. The van der Waals surface area contributed by atoms with Crippen molar-refractivity contribution in [3.8, 4) is 11.5 Å². The minimum atomic E-state index is -0.477. The Hall–Kier alpha value is -3.02. The zero-order valence-electron chi connectivity index (χ0n) is 19.6. The van der Waals surface area contributed by atoms with Crippen LogP contribution in [0.5, 0.6) is 11.5 Å². The predicted molar refractivity (Wildman–Crippen MR) is 127 cm³/mol. The number of carbonyl (C=O) groups is 2. The van der Waals surface area contributed by atoms with Crippen LogP contribution in [-0.2, 0) is 22.6 Å². The lowest BCUT2D eigenvalue weighted by molar-refractivity contribution is -0.141. The van der Waals surface area contributed by atoms with Crippen molar-refractivity contribution in [2.24, 2.45) is 0 Å². The molecule has 1 aliphatic heterocycles. The zero-order chi connectivity index (χ0) is 23.2. The summed E-state index contributed by atoms with van der Waals surface area (Å²) in [6.45, 7) is 4.68. The van der Waals surface area contributed by atoms with E-state index in [4.69, 9.17) is 9.47 Å². The molecule has 2 aliphatic rings. The minimum Gasteiger partial charge on any atom is -0.454 e. The number of rotatable bonds is 9. The van der Waals surface area contributed by atoms with Gasteiger partial charge in [0.1, 0.15) is 6.04 Å². The lowest BCUT2D eigenvalue weighted by Crippen LogP contribution is -2.51. The second kappa shape index (κ2) is 10.7. The molecule has 1 aliphatic carbocycles. The molecule has 33 heavy (non-hydrogen) atoms. The monoisotopic (exact) mass is 450 g/mol. The highest BCUT2D eigenvalue weighted by Crippen LogP contribution is 2.33. The van der Waals surface area contributed by atoms with Crippen molar-refractivity contribution < 1.29 is 19.1 Å². The molecule has 0 aromatic heterocycles. The molecule has 1 atom stereocenters. The van der Waals surface area contributed by atoms with Crippen molar-refractivity contribution in [1.29, 1.82) is 0 Å². The molecular weight excluding hydrogens is 416 g/mol. The average molecular weight is 451 g/mol. The van der Waals surface area contributed by atoms with Gasteiger partial charge in [0.05, 0.1) is 0 Å². The molecule has 4 rings (SSSR count). The standard InChI is InChI=1S/C27H34N2O4/c1-3-23(27(31)28-22-9-4-5-10-22)29(17-21-8-6-7-19(2)15-21)26(30)14-12-20-11-13-24-25(16-20)33-18-32-24/h6-8,11,13,15-16,22-23H,3-5,9-10,12,14,17-18H2,1-2H3,(H,28,31). The summed E-state index contributed by atoms with van der Waals surface area (Å²) < 4.78 is 10.8. The smallest absolute Gasteiger partial charge is 0.243 e. The van der Waals surface area contributed by atoms with Crippen molar-refractivity contribution in [3.63, 3.8) is 0 Å². The molecule has 2 amide bonds. The van der Waals surface area contributed by atoms with Gasteiger partial charge in [-0.2, -0.15) is 0 Å². The van der Waals surface area contributed by atoms with E-state index in [0.717, 1.165) is 53.9 Å². The number of benzene rings is 2. The summed E-state index contributed by atoms with van der Waals surface area (Å²) in [5.74, 6) is 1.41. The lowest BCUT2D eigenvalue weighted by Gasteiger charge is -2.31. The number of nitrogens with one attached hydrogen (secondary N) is 1. The Balaban J connectivity index is 1.48. The zero-order valence-corrected chi connectivity index (χ0v) is 19.6. The van der Waals surface area contributed by atoms with Crippen LogP contribution < -0.4 is 14.8 Å². The maximum atomic E-state index is 13.5. The van der Waals surface area contributed by atoms with Crippen LogP contribution in [-0.4, -0.2) is 35.6 Å². The number of hydrogen-bond acceptors (Lipinski definition) is 4. The van der Waals surface area contributed by atoms with Crippen LogP contribution in [0.1, 0.15) is 62.1 Å². The third kappa shape index (κ3) is 5.86. The van der Waals surface area contributed by atoms with E-state index in [0.29, 0.717) is 25.8 Å². The highest BCUT2D eigenvalue weighted by atomic mass is 16.7. The van der Waals surface area contributed by atoms with Crippen molar-refractivity contribution in [1.82, 2.24) is 10.2 Å². The molecule has 2 aromatic carbocycles. The van der Waals surface area contributed by atoms with E-state index >= 15 is 0 Å². The third-order valence-electron chi connectivity index (χ3n) is 6.59. The summed E-state index contributed by atoms with van der Waals surface area (Å²) in [7, 11) is 0. The van der Waals surface area contributed by atoms with Gasteiger partial charge in [0, 0.05) is 19.0 Å². The Morgan fingerprint density at radius 1 is 1.06 bits per heavy atom. The highest BCUT2D eigenvalue weighted by molar-refractivity contribution is 5.88. The molecule has 1 heterocycles. The van der Waals surface area contributed by atoms with Gasteiger partial charge in [-0.1, -0.05) is 55.7 Å². The van der Waals surface area contributed by atoms with Crippen molar-refractivity contribution in [3.05, 3.63) is 59.2 Å². The van der Waals surface area contributed by atoms with Crippen LogP contribution in [0.15, 0.2) is 42.5 Å². The Bertz CT molecular complexity index is 984. The first-order valence-corrected chi connectivity index (χ1v) is 12.1. The van der Waals surface area contributed by atoms with Gasteiger partial charge < -0.3 is 19.7 Å². The van der Waals surface area contributed by atoms with E-state index in [1.807, 2.05) is 50.2 Å². The molecule has 0 radical (unpaired) electrons. The first kappa shape index (κ1) is 23.1. The molecular formula is C27H34N2O4. The molecule has 6 heteroatoms. The summed E-state index contributed by atoms with van der Waals surface area (Å²) in [4.78, 5) is 28.4. The fraction of sp³-hybridized carbons (Fsp3) is 0.481. The normalized spacial score (nSPS) is 15.9. The molecule has 0 spiro atoms. The van der Waals surface area contributed by atoms with Gasteiger partial charge in [-0.25, -0.2) is 0 Å². The molecule has 2 aromatic rings. The summed E-state index contributed by atoms with van der Waals surface area (Å²) >= 11 is 0. The van der Waals surface area contributed by atoms with Gasteiger partial charge in [0.25, 0.3) is 0 Å². The van der Waals surface area contributed by atoms with Gasteiger partial charge in [-0.3, -0.25) is 9.59 Å². The number of nitrogens with zero attached hydrogens (tertiary/aromatic N) is 1. The van der Waals surface area contributed by atoms with Crippen LogP contribution in [0.3, 0.4) is 0 Å². The van der Waals surface area contributed by atoms with Crippen molar-refractivity contribution >= 4 is 11.8 Å². The molecule has 1 N–H and O–H groups in total. The first-order chi connectivity index (χ1) is 16.0. The third-order valence-corrected chi connectivity index (χ3v) is 6.59. The van der Waals surface area contributed by atoms with Crippen molar-refractivity contribution in [2.75, 3.05) is 6.79 Å². The second-order valence-electron chi connectivity index (χ2n) is 9.11. The van der Waals surface area contributed by atoms with Gasteiger partial charge in [-0.15, -0.1) is 0 Å². The molecule has 1 saturated carbocycles. The maximum Gasteiger partial charge on any atom is 0.243 e.